The van der Waals surface area contributed by atoms with Gasteiger partial charge in [0.1, 0.15) is 18.1 Å². The fourth-order valence-corrected chi connectivity index (χ4v) is 4.93. The fraction of sp³-hybridized carbons (Fsp3) is 0.211. The summed E-state index contributed by atoms with van der Waals surface area (Å²) in [5.74, 6) is -2.60. The maximum absolute atomic E-state index is 12.9. The lowest BCUT2D eigenvalue weighted by molar-refractivity contribution is -0.137. The minimum Gasteiger partial charge on any atom is -0.363 e. The third-order valence-corrected chi connectivity index (χ3v) is 6.40. The molecule has 2 atom stereocenters. The van der Waals surface area contributed by atoms with Crippen LogP contribution in [-0.4, -0.2) is 47.6 Å². The standard InChI is InChI=1S/C19H16N6O3S2/c20-18(27)17(26)13(7-10-8-29-14-4-2-1-3-11(10)14)23-19(28)16-15(24-30-25-16)12-5-6-21-9-22-12/h1-3,5-6,8-9,13-14H,4,7H2,(H2,20,27)(H,23,28). The average Bonchev–Trinajstić information content (AvgIpc) is 3.41. The molecule has 152 valence electrons. The van der Waals surface area contributed by atoms with Crippen LogP contribution in [0.2, 0.25) is 0 Å². The van der Waals surface area contributed by atoms with Gasteiger partial charge in [-0.3, -0.25) is 14.4 Å². The van der Waals surface area contributed by atoms with E-state index in [2.05, 4.69) is 30.1 Å². The van der Waals surface area contributed by atoms with Crippen LogP contribution in [0.25, 0.3) is 11.4 Å². The Kier molecular flexibility index (Phi) is 5.81. The number of aromatic nitrogens is 4. The summed E-state index contributed by atoms with van der Waals surface area (Å²) < 4.78 is 8.16. The van der Waals surface area contributed by atoms with E-state index in [4.69, 9.17) is 5.73 Å². The van der Waals surface area contributed by atoms with Crippen molar-refractivity contribution in [1.82, 2.24) is 24.0 Å². The van der Waals surface area contributed by atoms with Crippen molar-refractivity contribution in [3.63, 3.8) is 0 Å². The molecule has 2 aliphatic rings. The van der Waals surface area contributed by atoms with Gasteiger partial charge in [0.05, 0.1) is 17.4 Å². The number of hydrogen-bond donors (Lipinski definition) is 2. The summed E-state index contributed by atoms with van der Waals surface area (Å²) >= 11 is 2.51. The van der Waals surface area contributed by atoms with E-state index >= 15 is 0 Å². The lowest BCUT2D eigenvalue weighted by Crippen LogP contribution is -2.46. The largest absolute Gasteiger partial charge is 0.363 e. The highest BCUT2D eigenvalue weighted by Gasteiger charge is 2.32. The number of nitrogens with one attached hydrogen (secondary N) is 1. The Morgan fingerprint density at radius 1 is 1.30 bits per heavy atom. The number of Topliss-reactive ketones (excluding diaryl/α,β-unsaturated/α-hetero) is 1. The number of carbonyl (C=O) groups is 3. The van der Waals surface area contributed by atoms with Crippen LogP contribution in [0.1, 0.15) is 23.3 Å². The van der Waals surface area contributed by atoms with Crippen LogP contribution in [0.5, 0.6) is 0 Å². The van der Waals surface area contributed by atoms with E-state index in [1.807, 2.05) is 17.6 Å². The van der Waals surface area contributed by atoms with E-state index < -0.39 is 23.6 Å². The average molecular weight is 441 g/mol. The Hall–Kier alpha value is -3.18. The number of carbonyl (C=O) groups excluding carboxylic acids is 3. The van der Waals surface area contributed by atoms with Crippen molar-refractivity contribution in [3.8, 4) is 11.4 Å². The Labute approximate surface area is 179 Å². The molecule has 3 N–H and O–H groups in total. The Morgan fingerprint density at radius 3 is 2.93 bits per heavy atom. The molecule has 30 heavy (non-hydrogen) atoms. The first kappa shape index (κ1) is 20.1. The summed E-state index contributed by atoms with van der Waals surface area (Å²) in [5, 5.41) is 4.86. The molecule has 0 radical (unpaired) electrons. The summed E-state index contributed by atoms with van der Waals surface area (Å²) in [7, 11) is 0. The van der Waals surface area contributed by atoms with Crippen LogP contribution in [-0.2, 0) is 9.59 Å². The number of thioether (sulfide) groups is 1. The first-order valence-electron chi connectivity index (χ1n) is 8.99. The van der Waals surface area contributed by atoms with Crippen molar-refractivity contribution in [2.75, 3.05) is 0 Å². The summed E-state index contributed by atoms with van der Waals surface area (Å²) in [6.45, 7) is 0. The highest BCUT2D eigenvalue weighted by Crippen LogP contribution is 2.41. The molecule has 2 aromatic heterocycles. The maximum atomic E-state index is 12.9. The molecule has 0 spiro atoms. The Morgan fingerprint density at radius 2 is 2.17 bits per heavy atom. The second-order valence-corrected chi connectivity index (χ2v) is 8.17. The third kappa shape index (κ3) is 4.07. The van der Waals surface area contributed by atoms with Crippen LogP contribution in [0.4, 0.5) is 0 Å². The van der Waals surface area contributed by atoms with E-state index in [9.17, 15) is 14.4 Å². The van der Waals surface area contributed by atoms with Gasteiger partial charge in [-0.05, 0) is 29.0 Å². The van der Waals surface area contributed by atoms with E-state index in [0.29, 0.717) is 5.69 Å². The zero-order chi connectivity index (χ0) is 21.1. The number of primary amides is 1. The molecule has 0 saturated heterocycles. The first-order valence-corrected chi connectivity index (χ1v) is 10.7. The van der Waals surface area contributed by atoms with Crippen LogP contribution >= 0.6 is 23.5 Å². The lowest BCUT2D eigenvalue weighted by atomic mass is 9.92. The van der Waals surface area contributed by atoms with Crippen LogP contribution in [0.15, 0.2) is 53.4 Å². The SMILES string of the molecule is NC(=O)C(=O)C(CC1=CSC2CC=CC=C12)NC(=O)c1nsnc1-c1ccncn1. The number of amides is 2. The van der Waals surface area contributed by atoms with Gasteiger partial charge in [0, 0.05) is 17.9 Å². The second kappa shape index (κ2) is 8.67. The predicted octanol–water partition coefficient (Wildman–Crippen LogP) is 1.42. The van der Waals surface area contributed by atoms with E-state index in [0.717, 1.165) is 29.3 Å². The molecule has 0 fully saturated rings. The topological polar surface area (TPSA) is 141 Å². The van der Waals surface area contributed by atoms with Gasteiger partial charge in [-0.15, -0.1) is 11.8 Å². The third-order valence-electron chi connectivity index (χ3n) is 4.67. The number of allylic oxidation sites excluding steroid dienone is 3. The maximum Gasteiger partial charge on any atom is 0.287 e. The van der Waals surface area contributed by atoms with Gasteiger partial charge >= 0.3 is 0 Å². The molecule has 1 aliphatic carbocycles. The van der Waals surface area contributed by atoms with Crippen LogP contribution < -0.4 is 11.1 Å². The highest BCUT2D eigenvalue weighted by molar-refractivity contribution is 8.03. The molecule has 2 aromatic rings. The second-order valence-electron chi connectivity index (χ2n) is 6.57. The molecule has 11 heteroatoms. The van der Waals surface area contributed by atoms with Crippen molar-refractivity contribution in [2.24, 2.45) is 5.73 Å². The zero-order valence-corrected chi connectivity index (χ0v) is 17.2. The molecule has 2 amide bonds. The number of rotatable bonds is 7. The number of nitrogens with zero attached hydrogens (tertiary/aromatic N) is 4. The molecule has 4 rings (SSSR count). The minimum atomic E-state index is -1.10. The van der Waals surface area contributed by atoms with E-state index in [1.54, 1.807) is 17.8 Å². The molecule has 0 bridgehead atoms. The highest BCUT2D eigenvalue weighted by atomic mass is 32.2. The van der Waals surface area contributed by atoms with Crippen LogP contribution in [0, 0.1) is 0 Å². The summed E-state index contributed by atoms with van der Waals surface area (Å²) in [6.07, 6.45) is 9.95. The molecule has 0 saturated carbocycles. The first-order chi connectivity index (χ1) is 14.5. The molecular formula is C19H16N6O3S2. The molecule has 0 aromatic carbocycles. The summed E-state index contributed by atoms with van der Waals surface area (Å²) in [5.41, 5.74) is 7.95. The monoisotopic (exact) mass is 440 g/mol. The van der Waals surface area contributed by atoms with E-state index in [-0.39, 0.29) is 23.1 Å². The fourth-order valence-electron chi connectivity index (χ4n) is 3.21. The molecule has 9 nitrogen and oxygen atoms in total. The number of nitrogens with two attached hydrogens (primary N) is 1. The van der Waals surface area contributed by atoms with Crippen molar-refractivity contribution < 1.29 is 14.4 Å². The van der Waals surface area contributed by atoms with Gasteiger partial charge in [-0.2, -0.15) is 8.75 Å². The van der Waals surface area contributed by atoms with Crippen molar-refractivity contribution in [1.29, 1.82) is 0 Å². The normalized spacial score (nSPS) is 18.2. The van der Waals surface area contributed by atoms with Crippen molar-refractivity contribution >= 4 is 41.1 Å². The quantitative estimate of drug-likeness (QED) is 0.616. The predicted molar refractivity (Wildman–Crippen MR) is 112 cm³/mol. The zero-order valence-electron chi connectivity index (χ0n) is 15.5. The summed E-state index contributed by atoms with van der Waals surface area (Å²) in [6, 6.07) is 0.496. The Bertz CT molecular complexity index is 1090. The van der Waals surface area contributed by atoms with Crippen molar-refractivity contribution in [2.45, 2.75) is 24.1 Å². The van der Waals surface area contributed by atoms with Gasteiger partial charge in [0.15, 0.2) is 5.69 Å². The summed E-state index contributed by atoms with van der Waals surface area (Å²) in [4.78, 5) is 44.8. The van der Waals surface area contributed by atoms with E-state index in [1.165, 1.54) is 12.5 Å². The Balaban J connectivity index is 1.56. The van der Waals surface area contributed by atoms with Crippen LogP contribution in [0.3, 0.4) is 0 Å². The molecule has 3 heterocycles. The number of fused-ring (bicyclic) bond motifs is 1. The van der Waals surface area contributed by atoms with Crippen molar-refractivity contribution in [3.05, 3.63) is 59.1 Å². The van der Waals surface area contributed by atoms with Gasteiger partial charge in [0.2, 0.25) is 5.78 Å². The van der Waals surface area contributed by atoms with Gasteiger partial charge in [0.25, 0.3) is 11.8 Å². The number of ketones is 1. The smallest absolute Gasteiger partial charge is 0.287 e. The van der Waals surface area contributed by atoms with Gasteiger partial charge in [-0.1, -0.05) is 18.2 Å². The minimum absolute atomic E-state index is 0.0217. The molecule has 1 aliphatic heterocycles. The molecular weight excluding hydrogens is 424 g/mol. The molecule has 2 unspecified atom stereocenters. The number of hydrogen-bond acceptors (Lipinski definition) is 9. The van der Waals surface area contributed by atoms with Gasteiger partial charge < -0.3 is 11.1 Å². The van der Waals surface area contributed by atoms with Gasteiger partial charge in [-0.25, -0.2) is 9.97 Å². The lowest BCUT2D eigenvalue weighted by Gasteiger charge is -2.19.